The van der Waals surface area contributed by atoms with Gasteiger partial charge >= 0.3 is 0 Å². The molecular formula is C35H66N2O. The van der Waals surface area contributed by atoms with Crippen LogP contribution in [-0.4, -0.2) is 32.3 Å². The molecule has 0 spiro atoms. The van der Waals surface area contributed by atoms with Crippen molar-refractivity contribution in [3.05, 3.63) is 0 Å². The third-order valence-electron chi connectivity index (χ3n) is 12.7. The molecule has 0 aromatic rings. The van der Waals surface area contributed by atoms with Crippen LogP contribution in [0.5, 0.6) is 0 Å². The first-order valence-electron chi connectivity index (χ1n) is 17.5. The molecule has 0 bridgehead atoms. The second kappa shape index (κ2) is 14.7. The highest BCUT2D eigenvalue weighted by molar-refractivity contribution is 5.11. The topological polar surface area (TPSA) is 47.3 Å². The van der Waals surface area contributed by atoms with E-state index in [1.54, 1.807) is 0 Å². The molecule has 4 rings (SSSR count). The summed E-state index contributed by atoms with van der Waals surface area (Å²) in [5, 5.41) is 3.76. The zero-order valence-corrected chi connectivity index (χ0v) is 26.1. The number of nitrogens with one attached hydrogen (secondary N) is 1. The minimum absolute atomic E-state index is 0.493. The lowest BCUT2D eigenvalue weighted by Crippen LogP contribution is -2.58. The van der Waals surface area contributed by atoms with Gasteiger partial charge in [0.15, 0.2) is 0 Å². The maximum atomic E-state index is 6.79. The lowest BCUT2D eigenvalue weighted by Gasteiger charge is -2.62. The standard InChI is InChI=1S/C35H66N2O/c1-5-6-7-8-9-12-23-37-24-13-15-27(2)29-17-18-30-33-31(19-21-35(29,30)4)34(3)20-11-10-16-28(34)26-32(33)38-25-14-22-36/h27-33,37H,5-26,36H2,1-4H3/t27-,28?,29-,30?,31+,32-,33?,34?,35-/m1/s1. The van der Waals surface area contributed by atoms with Crippen molar-refractivity contribution < 1.29 is 4.74 Å². The number of ether oxygens (including phenoxy) is 1. The molecule has 4 aliphatic rings. The van der Waals surface area contributed by atoms with Gasteiger partial charge in [-0.05, 0) is 137 Å². The molecule has 3 heteroatoms. The molecule has 3 N–H and O–H groups in total. The van der Waals surface area contributed by atoms with Gasteiger partial charge in [-0.3, -0.25) is 0 Å². The third-order valence-corrected chi connectivity index (χ3v) is 12.7. The molecular weight excluding hydrogens is 464 g/mol. The number of rotatable bonds is 16. The average Bonchev–Trinajstić information content (AvgIpc) is 3.27. The molecule has 4 fully saturated rings. The Balaban J connectivity index is 1.31. The first kappa shape index (κ1) is 30.8. The van der Waals surface area contributed by atoms with Gasteiger partial charge in [-0.2, -0.15) is 0 Å². The first-order valence-corrected chi connectivity index (χ1v) is 17.5. The summed E-state index contributed by atoms with van der Waals surface area (Å²) in [7, 11) is 0. The number of fused-ring (bicyclic) bond motifs is 5. The Hall–Kier alpha value is -0.120. The molecule has 4 unspecified atom stereocenters. The molecule has 0 amide bonds. The van der Waals surface area contributed by atoms with Crippen LogP contribution in [0.15, 0.2) is 0 Å². The van der Waals surface area contributed by atoms with Crippen LogP contribution in [-0.2, 0) is 4.74 Å². The molecule has 38 heavy (non-hydrogen) atoms. The highest BCUT2D eigenvalue weighted by Crippen LogP contribution is 2.68. The monoisotopic (exact) mass is 531 g/mol. The summed E-state index contributed by atoms with van der Waals surface area (Å²) in [6, 6.07) is 0. The molecule has 3 nitrogen and oxygen atoms in total. The normalized spacial score (nSPS) is 39.4. The Morgan fingerprint density at radius 1 is 0.842 bits per heavy atom. The first-order chi connectivity index (χ1) is 18.5. The van der Waals surface area contributed by atoms with E-state index in [9.17, 15) is 0 Å². The van der Waals surface area contributed by atoms with E-state index in [0.29, 0.717) is 16.9 Å². The Morgan fingerprint density at radius 2 is 1.61 bits per heavy atom. The largest absolute Gasteiger partial charge is 0.378 e. The molecule has 222 valence electrons. The molecule has 9 atom stereocenters. The van der Waals surface area contributed by atoms with Crippen LogP contribution in [0.25, 0.3) is 0 Å². The smallest absolute Gasteiger partial charge is 0.0611 e. The minimum atomic E-state index is 0.493. The van der Waals surface area contributed by atoms with Crippen LogP contribution >= 0.6 is 0 Å². The van der Waals surface area contributed by atoms with Gasteiger partial charge in [0.05, 0.1) is 6.10 Å². The predicted molar refractivity (Wildman–Crippen MR) is 163 cm³/mol. The summed E-state index contributed by atoms with van der Waals surface area (Å²) in [6.45, 7) is 14.4. The van der Waals surface area contributed by atoms with Gasteiger partial charge in [-0.15, -0.1) is 0 Å². The quantitative estimate of drug-likeness (QED) is 0.196. The lowest BCUT2D eigenvalue weighted by molar-refractivity contribution is -0.180. The highest BCUT2D eigenvalue weighted by atomic mass is 16.5. The van der Waals surface area contributed by atoms with Crippen LogP contribution < -0.4 is 11.1 Å². The maximum Gasteiger partial charge on any atom is 0.0611 e. The van der Waals surface area contributed by atoms with Crippen molar-refractivity contribution in [1.82, 2.24) is 5.32 Å². The number of hydrogen-bond acceptors (Lipinski definition) is 3. The highest BCUT2D eigenvalue weighted by Gasteiger charge is 2.62. The SMILES string of the molecule is CCCCCCCCNCCC[C@@H](C)[C@H]1CCC2C3[C@H](OCCCN)CC4CCCCC4(C)[C@H]3CC[C@@]21C. The molecule has 0 aliphatic heterocycles. The van der Waals surface area contributed by atoms with Crippen LogP contribution in [0.1, 0.15) is 143 Å². The van der Waals surface area contributed by atoms with E-state index in [1.807, 2.05) is 0 Å². The Labute approximate surface area is 237 Å². The Morgan fingerprint density at radius 3 is 2.42 bits per heavy atom. The summed E-state index contributed by atoms with van der Waals surface area (Å²) in [6.07, 6.45) is 25.7. The van der Waals surface area contributed by atoms with E-state index in [-0.39, 0.29) is 0 Å². The lowest BCUT2D eigenvalue weighted by atomic mass is 9.44. The zero-order valence-electron chi connectivity index (χ0n) is 26.1. The molecule has 0 heterocycles. The summed E-state index contributed by atoms with van der Waals surface area (Å²) in [4.78, 5) is 0. The van der Waals surface area contributed by atoms with Gasteiger partial charge in [0.2, 0.25) is 0 Å². The predicted octanol–water partition coefficient (Wildman–Crippen LogP) is 8.75. The average molecular weight is 531 g/mol. The van der Waals surface area contributed by atoms with Crippen molar-refractivity contribution in [1.29, 1.82) is 0 Å². The Bertz CT molecular complexity index is 683. The van der Waals surface area contributed by atoms with Crippen LogP contribution in [0.4, 0.5) is 0 Å². The van der Waals surface area contributed by atoms with E-state index in [1.165, 1.54) is 122 Å². The summed E-state index contributed by atoms with van der Waals surface area (Å²) < 4.78 is 6.79. The van der Waals surface area contributed by atoms with Crippen molar-refractivity contribution in [2.75, 3.05) is 26.2 Å². The fraction of sp³-hybridized carbons (Fsp3) is 1.00. The van der Waals surface area contributed by atoms with Gasteiger partial charge in [0, 0.05) is 6.61 Å². The van der Waals surface area contributed by atoms with Crippen LogP contribution in [0.2, 0.25) is 0 Å². The van der Waals surface area contributed by atoms with E-state index in [0.717, 1.165) is 55.1 Å². The van der Waals surface area contributed by atoms with Crippen molar-refractivity contribution >= 4 is 0 Å². The van der Waals surface area contributed by atoms with Crippen LogP contribution in [0, 0.1) is 46.3 Å². The van der Waals surface area contributed by atoms with Gasteiger partial charge in [-0.1, -0.05) is 72.6 Å². The van der Waals surface area contributed by atoms with Gasteiger partial charge in [-0.25, -0.2) is 0 Å². The van der Waals surface area contributed by atoms with Crippen molar-refractivity contribution in [3.63, 3.8) is 0 Å². The summed E-state index contributed by atoms with van der Waals surface area (Å²) >= 11 is 0. The van der Waals surface area contributed by atoms with E-state index in [4.69, 9.17) is 10.5 Å². The maximum absolute atomic E-state index is 6.79. The second-order valence-corrected chi connectivity index (χ2v) is 14.9. The third kappa shape index (κ3) is 6.84. The minimum Gasteiger partial charge on any atom is -0.378 e. The molecule has 4 saturated carbocycles. The number of nitrogens with two attached hydrogens (primary N) is 1. The van der Waals surface area contributed by atoms with Gasteiger partial charge in [0.1, 0.15) is 0 Å². The fourth-order valence-electron chi connectivity index (χ4n) is 10.6. The Kier molecular flexibility index (Phi) is 11.9. The van der Waals surface area contributed by atoms with E-state index in [2.05, 4.69) is 33.0 Å². The van der Waals surface area contributed by atoms with Gasteiger partial charge in [0.25, 0.3) is 0 Å². The number of unbranched alkanes of at least 4 members (excludes halogenated alkanes) is 5. The molecule has 0 radical (unpaired) electrons. The van der Waals surface area contributed by atoms with Crippen molar-refractivity contribution in [3.8, 4) is 0 Å². The second-order valence-electron chi connectivity index (χ2n) is 14.9. The fourth-order valence-corrected chi connectivity index (χ4v) is 10.6. The van der Waals surface area contributed by atoms with Crippen molar-refractivity contribution in [2.45, 2.75) is 149 Å². The molecule has 4 aliphatic carbocycles. The van der Waals surface area contributed by atoms with E-state index < -0.39 is 0 Å². The molecule has 0 aromatic heterocycles. The van der Waals surface area contributed by atoms with Crippen molar-refractivity contribution in [2.24, 2.45) is 52.1 Å². The molecule has 0 aromatic carbocycles. The summed E-state index contributed by atoms with van der Waals surface area (Å²) in [5.74, 6) is 5.22. The number of hydrogen-bond donors (Lipinski definition) is 2. The zero-order chi connectivity index (χ0) is 27.0. The van der Waals surface area contributed by atoms with Gasteiger partial charge < -0.3 is 15.8 Å². The van der Waals surface area contributed by atoms with Crippen LogP contribution in [0.3, 0.4) is 0 Å². The molecule has 0 saturated heterocycles. The van der Waals surface area contributed by atoms with E-state index >= 15 is 0 Å². The summed E-state index contributed by atoms with van der Waals surface area (Å²) in [5.41, 5.74) is 6.97.